The maximum absolute atomic E-state index is 13.5. The predicted molar refractivity (Wildman–Crippen MR) is 61.4 cm³/mol. The molecule has 92 valence electrons. The fourth-order valence-corrected chi connectivity index (χ4v) is 1.58. The van der Waals surface area contributed by atoms with Crippen molar-refractivity contribution in [3.63, 3.8) is 0 Å². The van der Waals surface area contributed by atoms with Gasteiger partial charge in [0.05, 0.1) is 0 Å². The second-order valence-corrected chi connectivity index (χ2v) is 4.23. The van der Waals surface area contributed by atoms with Gasteiger partial charge in [-0.25, -0.2) is 13.6 Å². The third kappa shape index (κ3) is 3.98. The maximum Gasteiger partial charge on any atom is 0.328 e. The van der Waals surface area contributed by atoms with Crippen LogP contribution in [-0.4, -0.2) is 11.1 Å². The average Bonchev–Trinajstić information content (AvgIpc) is 2.19. The number of hydrogen-bond acceptors (Lipinski definition) is 1. The lowest BCUT2D eigenvalue weighted by atomic mass is 9.95. The second kappa shape index (κ2) is 5.57. The highest BCUT2D eigenvalue weighted by Crippen LogP contribution is 2.25. The van der Waals surface area contributed by atoms with Crippen LogP contribution in [0.5, 0.6) is 0 Å². The van der Waals surface area contributed by atoms with Gasteiger partial charge in [0, 0.05) is 11.6 Å². The van der Waals surface area contributed by atoms with Crippen molar-refractivity contribution >= 4 is 11.5 Å². The van der Waals surface area contributed by atoms with Gasteiger partial charge in [0.25, 0.3) is 0 Å². The second-order valence-electron chi connectivity index (χ2n) is 4.23. The Balaban J connectivity index is 3.21. The van der Waals surface area contributed by atoms with E-state index in [9.17, 15) is 13.6 Å². The van der Waals surface area contributed by atoms with Gasteiger partial charge in [0.1, 0.15) is 11.6 Å². The van der Waals surface area contributed by atoms with E-state index in [1.165, 1.54) is 0 Å². The summed E-state index contributed by atoms with van der Waals surface area (Å²) >= 11 is 0. The third-order valence-corrected chi connectivity index (χ3v) is 2.20. The van der Waals surface area contributed by atoms with Gasteiger partial charge >= 0.3 is 5.97 Å². The van der Waals surface area contributed by atoms with Crippen LogP contribution in [0.2, 0.25) is 0 Å². The molecule has 0 atom stereocenters. The largest absolute Gasteiger partial charge is 0.478 e. The summed E-state index contributed by atoms with van der Waals surface area (Å²) in [6, 6.07) is 3.03. The van der Waals surface area contributed by atoms with E-state index in [0.717, 1.165) is 24.3 Å². The molecule has 17 heavy (non-hydrogen) atoms. The number of aliphatic carboxylic acids is 1. The predicted octanol–water partition coefficient (Wildman–Crippen LogP) is 3.48. The van der Waals surface area contributed by atoms with Gasteiger partial charge in [0.15, 0.2) is 0 Å². The van der Waals surface area contributed by atoms with E-state index < -0.39 is 17.6 Å². The minimum Gasteiger partial charge on any atom is -0.478 e. The van der Waals surface area contributed by atoms with Crippen molar-refractivity contribution < 1.29 is 18.7 Å². The zero-order chi connectivity index (χ0) is 13.0. The van der Waals surface area contributed by atoms with Gasteiger partial charge in [-0.3, -0.25) is 0 Å². The maximum atomic E-state index is 13.5. The summed E-state index contributed by atoms with van der Waals surface area (Å²) in [5.41, 5.74) is 0.311. The van der Waals surface area contributed by atoms with E-state index in [2.05, 4.69) is 0 Å². The van der Waals surface area contributed by atoms with Crippen LogP contribution >= 0.6 is 0 Å². The Morgan fingerprint density at radius 3 is 2.59 bits per heavy atom. The molecule has 0 aliphatic heterocycles. The first-order chi connectivity index (χ1) is 7.90. The molecule has 0 spiro atoms. The zero-order valence-electron chi connectivity index (χ0n) is 9.71. The average molecular weight is 240 g/mol. The molecule has 0 heterocycles. The Kier molecular flexibility index (Phi) is 4.37. The minimum atomic E-state index is -1.16. The van der Waals surface area contributed by atoms with Crippen molar-refractivity contribution in [1.82, 2.24) is 0 Å². The van der Waals surface area contributed by atoms with Crippen molar-refractivity contribution in [3.05, 3.63) is 41.5 Å². The highest BCUT2D eigenvalue weighted by atomic mass is 19.1. The molecule has 1 aromatic carbocycles. The van der Waals surface area contributed by atoms with Crippen molar-refractivity contribution in [2.45, 2.75) is 20.3 Å². The van der Waals surface area contributed by atoms with Gasteiger partial charge in [-0.15, -0.1) is 0 Å². The monoisotopic (exact) mass is 240 g/mol. The van der Waals surface area contributed by atoms with Crippen molar-refractivity contribution in [2.75, 3.05) is 0 Å². The summed E-state index contributed by atoms with van der Waals surface area (Å²) in [5.74, 6) is -2.20. The number of carbonyl (C=O) groups is 1. The van der Waals surface area contributed by atoms with Crippen molar-refractivity contribution in [3.8, 4) is 0 Å². The fourth-order valence-electron chi connectivity index (χ4n) is 1.58. The first-order valence-electron chi connectivity index (χ1n) is 5.29. The quantitative estimate of drug-likeness (QED) is 0.818. The lowest BCUT2D eigenvalue weighted by molar-refractivity contribution is -0.131. The van der Waals surface area contributed by atoms with Crippen LogP contribution < -0.4 is 0 Å². The van der Waals surface area contributed by atoms with Crippen molar-refractivity contribution in [1.29, 1.82) is 0 Å². The van der Waals surface area contributed by atoms with E-state index in [1.807, 2.05) is 13.8 Å². The molecule has 0 aromatic heterocycles. The van der Waals surface area contributed by atoms with Crippen LogP contribution in [0.1, 0.15) is 25.8 Å². The summed E-state index contributed by atoms with van der Waals surface area (Å²) in [7, 11) is 0. The molecule has 0 saturated carbocycles. The Morgan fingerprint density at radius 2 is 2.06 bits per heavy atom. The molecule has 0 radical (unpaired) electrons. The number of hydrogen-bond donors (Lipinski definition) is 1. The number of rotatable bonds is 4. The molecular weight excluding hydrogens is 226 g/mol. The van der Waals surface area contributed by atoms with E-state index in [0.29, 0.717) is 12.0 Å². The molecule has 0 saturated heterocycles. The standard InChI is InChI=1S/C13H14F2O2/c1-8(2)5-9(6-13(16)17)11-7-10(14)3-4-12(11)15/h3-4,6-8H,5H2,1-2H3,(H,16,17)/b9-6+. The number of halogens is 2. The summed E-state index contributed by atoms with van der Waals surface area (Å²) in [6.07, 6.45) is 1.31. The third-order valence-electron chi connectivity index (χ3n) is 2.20. The van der Waals surface area contributed by atoms with E-state index in [4.69, 9.17) is 5.11 Å². The molecule has 0 bridgehead atoms. The fraction of sp³-hybridized carbons (Fsp3) is 0.308. The molecule has 0 amide bonds. The summed E-state index contributed by atoms with van der Waals surface area (Å²) in [4.78, 5) is 10.7. The van der Waals surface area contributed by atoms with Gasteiger partial charge in [0.2, 0.25) is 0 Å². The number of benzene rings is 1. The van der Waals surface area contributed by atoms with Gasteiger partial charge in [-0.2, -0.15) is 0 Å². The lowest BCUT2D eigenvalue weighted by Crippen LogP contribution is -1.99. The SMILES string of the molecule is CC(C)C/C(=C\C(=O)O)c1cc(F)ccc1F. The smallest absolute Gasteiger partial charge is 0.328 e. The van der Waals surface area contributed by atoms with E-state index in [-0.39, 0.29) is 11.5 Å². The number of carboxylic acid groups (broad SMARTS) is 1. The molecule has 0 aliphatic carbocycles. The highest BCUT2D eigenvalue weighted by Gasteiger charge is 2.12. The molecule has 1 N–H and O–H groups in total. The van der Waals surface area contributed by atoms with Crippen LogP contribution in [0.3, 0.4) is 0 Å². The van der Waals surface area contributed by atoms with E-state index in [1.54, 1.807) is 0 Å². The van der Waals surface area contributed by atoms with Gasteiger partial charge < -0.3 is 5.11 Å². The molecule has 4 heteroatoms. The van der Waals surface area contributed by atoms with Crippen LogP contribution in [-0.2, 0) is 4.79 Å². The molecule has 0 fully saturated rings. The summed E-state index contributed by atoms with van der Waals surface area (Å²) in [5, 5.41) is 8.73. The molecule has 2 nitrogen and oxygen atoms in total. The Hall–Kier alpha value is -1.71. The Labute approximate surface area is 98.6 Å². The Morgan fingerprint density at radius 1 is 1.41 bits per heavy atom. The highest BCUT2D eigenvalue weighted by molar-refractivity contribution is 5.90. The zero-order valence-corrected chi connectivity index (χ0v) is 9.71. The van der Waals surface area contributed by atoms with E-state index >= 15 is 0 Å². The number of carboxylic acids is 1. The molecular formula is C13H14F2O2. The number of allylic oxidation sites excluding steroid dienone is 1. The minimum absolute atomic E-state index is 0.0149. The van der Waals surface area contributed by atoms with Crippen LogP contribution in [0, 0.1) is 17.6 Å². The molecule has 0 aliphatic rings. The lowest BCUT2D eigenvalue weighted by Gasteiger charge is -2.11. The topological polar surface area (TPSA) is 37.3 Å². The van der Waals surface area contributed by atoms with Gasteiger partial charge in [-0.05, 0) is 36.1 Å². The molecule has 1 rings (SSSR count). The summed E-state index contributed by atoms with van der Waals surface area (Å²) < 4.78 is 26.6. The first-order valence-corrected chi connectivity index (χ1v) is 5.29. The molecule has 0 unspecified atom stereocenters. The van der Waals surface area contributed by atoms with Crippen LogP contribution in [0.4, 0.5) is 8.78 Å². The van der Waals surface area contributed by atoms with Crippen LogP contribution in [0.25, 0.3) is 5.57 Å². The normalized spacial score (nSPS) is 11.9. The van der Waals surface area contributed by atoms with Crippen molar-refractivity contribution in [2.24, 2.45) is 5.92 Å². The van der Waals surface area contributed by atoms with Crippen LogP contribution in [0.15, 0.2) is 24.3 Å². The molecule has 1 aromatic rings. The van der Waals surface area contributed by atoms with Gasteiger partial charge in [-0.1, -0.05) is 13.8 Å². The summed E-state index contributed by atoms with van der Waals surface area (Å²) in [6.45, 7) is 3.76. The first kappa shape index (κ1) is 13.4. The Bertz CT molecular complexity index is 451.